The Morgan fingerprint density at radius 3 is 2.72 bits per heavy atom. The van der Waals surface area contributed by atoms with Crippen LogP contribution in [0.4, 0.5) is 5.82 Å². The number of aryl methyl sites for hydroxylation is 1. The highest BCUT2D eigenvalue weighted by Gasteiger charge is 2.42. The number of nitrogens with zero attached hydrogens (tertiary/aromatic N) is 4. The summed E-state index contributed by atoms with van der Waals surface area (Å²) in [6, 6.07) is 4.44. The zero-order valence-corrected chi connectivity index (χ0v) is 15.6. The topological polar surface area (TPSA) is 80.1 Å². The molecule has 7 nitrogen and oxygen atoms in total. The number of carbonyl (C=O) groups excluding carboxylic acids is 2. The van der Waals surface area contributed by atoms with Gasteiger partial charge in [0.25, 0.3) is 0 Å². The van der Waals surface area contributed by atoms with Crippen LogP contribution in [-0.2, 0) is 16.0 Å². The predicted molar refractivity (Wildman–Crippen MR) is 111 cm³/mol. The third-order valence-corrected chi connectivity index (χ3v) is 6.22. The fraction of sp³-hybridized carbons (Fsp3) is 0.455. The van der Waals surface area contributed by atoms with Gasteiger partial charge in [0.15, 0.2) is 0 Å². The van der Waals surface area contributed by atoms with E-state index < -0.39 is 0 Å². The fourth-order valence-corrected chi connectivity index (χ4v) is 4.80. The molecule has 1 N–H and O–H groups in total. The molecule has 2 aliphatic heterocycles. The lowest BCUT2D eigenvalue weighted by Crippen LogP contribution is -2.28. The zero-order chi connectivity index (χ0) is 19.1. The average Bonchev–Trinajstić information content (AvgIpc) is 3.41. The van der Waals surface area contributed by atoms with Crippen molar-refractivity contribution in [3.05, 3.63) is 47.9 Å². The number of hydrogen-bond donors (Lipinski definition) is 1. The molecule has 5 rings (SSSR count). The molecular formula is C22H27N5O2. The molecule has 2 atom stereocenters. The van der Waals surface area contributed by atoms with E-state index in [9.17, 15) is 9.59 Å². The molecule has 29 heavy (non-hydrogen) atoms. The van der Waals surface area contributed by atoms with Gasteiger partial charge in [-0.25, -0.2) is 4.98 Å². The Morgan fingerprint density at radius 2 is 2.00 bits per heavy atom. The van der Waals surface area contributed by atoms with E-state index in [0.29, 0.717) is 36.5 Å². The van der Waals surface area contributed by atoms with E-state index in [1.165, 1.54) is 0 Å². The van der Waals surface area contributed by atoms with Crippen LogP contribution in [0, 0.1) is 11.8 Å². The van der Waals surface area contributed by atoms with Gasteiger partial charge in [0.05, 0.1) is 6.04 Å². The third-order valence-electron chi connectivity index (χ3n) is 6.22. The number of pyridine rings is 1. The van der Waals surface area contributed by atoms with Gasteiger partial charge in [-0.15, -0.1) is 0 Å². The van der Waals surface area contributed by atoms with Crippen molar-refractivity contribution in [2.24, 2.45) is 11.8 Å². The summed E-state index contributed by atoms with van der Waals surface area (Å²) >= 11 is 0. The summed E-state index contributed by atoms with van der Waals surface area (Å²) in [6.07, 6.45) is 12.4. The number of anilines is 1. The molecule has 3 aliphatic rings. The van der Waals surface area contributed by atoms with Gasteiger partial charge in [-0.2, -0.15) is 5.10 Å². The summed E-state index contributed by atoms with van der Waals surface area (Å²) in [7, 11) is 0. The second-order valence-electron chi connectivity index (χ2n) is 8.03. The normalized spacial score (nSPS) is 25.4. The highest BCUT2D eigenvalue weighted by atomic mass is 16.2. The Hall–Kier alpha value is -2.96. The Morgan fingerprint density at radius 1 is 1.21 bits per heavy atom. The van der Waals surface area contributed by atoms with E-state index in [1.807, 2.05) is 35.5 Å². The van der Waals surface area contributed by atoms with Gasteiger partial charge >= 0.3 is 0 Å². The zero-order valence-electron chi connectivity index (χ0n) is 15.6. The van der Waals surface area contributed by atoms with Gasteiger partial charge in [0, 0.05) is 44.2 Å². The Balaban J connectivity index is 0.00000205. The fourth-order valence-electron chi connectivity index (χ4n) is 4.80. The molecule has 0 spiro atoms. The summed E-state index contributed by atoms with van der Waals surface area (Å²) in [5.41, 5.74) is 1.91. The van der Waals surface area contributed by atoms with E-state index >= 15 is 0 Å². The monoisotopic (exact) mass is 393 g/mol. The average molecular weight is 393 g/mol. The first-order chi connectivity index (χ1) is 13.7. The van der Waals surface area contributed by atoms with Crippen LogP contribution >= 0.6 is 0 Å². The lowest BCUT2D eigenvalue weighted by Gasteiger charge is -2.18. The van der Waals surface area contributed by atoms with E-state index in [1.54, 1.807) is 12.3 Å². The van der Waals surface area contributed by atoms with Gasteiger partial charge in [-0.3, -0.25) is 14.3 Å². The number of hydrogen-bond acceptors (Lipinski definition) is 4. The maximum absolute atomic E-state index is 12.6. The molecule has 1 aliphatic carbocycles. The molecule has 0 bridgehead atoms. The molecule has 0 radical (unpaired) electrons. The number of aromatic nitrogens is 3. The van der Waals surface area contributed by atoms with Gasteiger partial charge in [-0.05, 0) is 60.4 Å². The van der Waals surface area contributed by atoms with Gasteiger partial charge in [0.1, 0.15) is 5.82 Å². The van der Waals surface area contributed by atoms with Crippen LogP contribution in [0.1, 0.15) is 43.9 Å². The van der Waals surface area contributed by atoms with Crippen molar-refractivity contribution < 1.29 is 9.59 Å². The van der Waals surface area contributed by atoms with Gasteiger partial charge < -0.3 is 10.2 Å². The van der Waals surface area contributed by atoms with Crippen LogP contribution in [0.2, 0.25) is 0 Å². The van der Waals surface area contributed by atoms with Crippen LogP contribution in [0.25, 0.3) is 6.08 Å². The summed E-state index contributed by atoms with van der Waals surface area (Å²) in [4.78, 5) is 30.3. The van der Waals surface area contributed by atoms with Crippen molar-refractivity contribution in [2.75, 3.05) is 18.4 Å². The Bertz CT molecular complexity index is 923. The van der Waals surface area contributed by atoms with E-state index in [-0.39, 0.29) is 19.2 Å². The van der Waals surface area contributed by atoms with E-state index in [0.717, 1.165) is 37.1 Å². The first kappa shape index (κ1) is 19.4. The van der Waals surface area contributed by atoms with Crippen molar-refractivity contribution in [2.45, 2.75) is 39.2 Å². The summed E-state index contributed by atoms with van der Waals surface area (Å²) in [5, 5.41) is 7.15. The van der Waals surface area contributed by atoms with Gasteiger partial charge in [-0.1, -0.05) is 7.43 Å². The molecular weight excluding hydrogens is 366 g/mol. The molecule has 1 saturated heterocycles. The number of rotatable bonds is 3. The molecule has 4 heterocycles. The lowest BCUT2D eigenvalue weighted by molar-refractivity contribution is -0.125. The molecule has 7 heteroatoms. The molecule has 2 unspecified atom stereocenters. The van der Waals surface area contributed by atoms with Crippen LogP contribution < -0.4 is 5.32 Å². The van der Waals surface area contributed by atoms with Crippen molar-refractivity contribution in [3.63, 3.8) is 0 Å². The highest BCUT2D eigenvalue weighted by molar-refractivity contribution is 5.94. The summed E-state index contributed by atoms with van der Waals surface area (Å²) < 4.78 is 2.07. The number of nitrogens with one attached hydrogen (secondary N) is 1. The number of carbonyl (C=O) groups is 2. The van der Waals surface area contributed by atoms with Crippen LogP contribution in [0.3, 0.4) is 0 Å². The minimum atomic E-state index is 0. The maximum atomic E-state index is 12.6. The number of fused-ring (bicyclic) bond motifs is 2. The lowest BCUT2D eigenvalue weighted by atomic mass is 10.0. The number of amides is 2. The van der Waals surface area contributed by atoms with Crippen LogP contribution in [0.5, 0.6) is 0 Å². The van der Waals surface area contributed by atoms with Crippen molar-refractivity contribution in [1.29, 1.82) is 0 Å². The standard InChI is InChI=1S/C21H23N5O2.CH4/c27-19-4-3-15-8-14(11-22-21(15)24-19)2-5-20(28)25-12-16-9-18(10-17(16)13-25)26-7-1-6-23-26;/h1-2,5-8,11,16-18H,3-4,9-10,12-13H2,(H,22,24,27);1H4/b5-2+;. The highest BCUT2D eigenvalue weighted by Crippen LogP contribution is 2.43. The summed E-state index contributed by atoms with van der Waals surface area (Å²) in [5.74, 6) is 1.85. The van der Waals surface area contributed by atoms with Crippen molar-refractivity contribution >= 4 is 23.7 Å². The molecule has 2 fully saturated rings. The van der Waals surface area contributed by atoms with E-state index in [4.69, 9.17) is 0 Å². The molecule has 2 aromatic heterocycles. The predicted octanol–water partition coefficient (Wildman–Crippen LogP) is 2.92. The smallest absolute Gasteiger partial charge is 0.246 e. The second-order valence-corrected chi connectivity index (χ2v) is 8.03. The quantitative estimate of drug-likeness (QED) is 0.813. The van der Waals surface area contributed by atoms with Crippen LogP contribution in [-0.4, -0.2) is 44.6 Å². The molecule has 2 amide bonds. The third kappa shape index (κ3) is 3.81. The first-order valence-corrected chi connectivity index (χ1v) is 9.90. The second kappa shape index (κ2) is 7.81. The first-order valence-electron chi connectivity index (χ1n) is 9.90. The summed E-state index contributed by atoms with van der Waals surface area (Å²) in [6.45, 7) is 1.67. The SMILES string of the molecule is C.O=C1CCc2cc(/C=C/C(=O)N3CC4CC(n5cccn5)CC4C3)cnc2N1. The van der Waals surface area contributed by atoms with E-state index in [2.05, 4.69) is 20.1 Å². The minimum Gasteiger partial charge on any atom is -0.339 e. The molecule has 2 aromatic rings. The van der Waals surface area contributed by atoms with Crippen LogP contribution in [0.15, 0.2) is 36.8 Å². The van der Waals surface area contributed by atoms with Crippen molar-refractivity contribution in [3.8, 4) is 0 Å². The maximum Gasteiger partial charge on any atom is 0.246 e. The Kier molecular flexibility index (Phi) is 5.22. The number of likely N-dealkylation sites (tertiary alicyclic amines) is 1. The van der Waals surface area contributed by atoms with Gasteiger partial charge in [0.2, 0.25) is 11.8 Å². The minimum absolute atomic E-state index is 0. The largest absolute Gasteiger partial charge is 0.339 e. The molecule has 1 saturated carbocycles. The molecule has 152 valence electrons. The van der Waals surface area contributed by atoms with Crippen molar-refractivity contribution in [1.82, 2.24) is 19.7 Å². The molecule has 0 aromatic carbocycles. The Labute approximate surface area is 170 Å².